The Morgan fingerprint density at radius 3 is 2.35 bits per heavy atom. The lowest BCUT2D eigenvalue weighted by molar-refractivity contribution is -0.137. The summed E-state index contributed by atoms with van der Waals surface area (Å²) < 4.78 is 50.9. The third-order valence-electron chi connectivity index (χ3n) is 3.58. The van der Waals surface area contributed by atoms with Gasteiger partial charge < -0.3 is 10.4 Å². The second-order valence-corrected chi connectivity index (χ2v) is 5.23. The number of nitrogens with one attached hydrogen (secondary N) is 1. The van der Waals surface area contributed by atoms with Crippen LogP contribution in [0.4, 0.5) is 17.6 Å². The number of hydrogen-bond donors (Lipinski definition) is 2. The molecular formula is C14H17F4NO. The summed E-state index contributed by atoms with van der Waals surface area (Å²) in [4.78, 5) is 0. The van der Waals surface area contributed by atoms with E-state index in [1.54, 1.807) is 0 Å². The third-order valence-corrected chi connectivity index (χ3v) is 3.58. The second kappa shape index (κ2) is 6.10. The normalized spacial score (nSPS) is 23.9. The summed E-state index contributed by atoms with van der Waals surface area (Å²) in [5, 5.41) is 12.5. The summed E-state index contributed by atoms with van der Waals surface area (Å²) >= 11 is 0. The highest BCUT2D eigenvalue weighted by atomic mass is 19.4. The molecule has 0 saturated heterocycles. The minimum atomic E-state index is -4.54. The summed E-state index contributed by atoms with van der Waals surface area (Å²) in [7, 11) is 0. The van der Waals surface area contributed by atoms with Crippen molar-refractivity contribution in [3.05, 3.63) is 35.1 Å². The fourth-order valence-electron chi connectivity index (χ4n) is 2.46. The highest BCUT2D eigenvalue weighted by Crippen LogP contribution is 2.30. The maximum atomic E-state index is 13.2. The Morgan fingerprint density at radius 2 is 1.75 bits per heavy atom. The van der Waals surface area contributed by atoms with Crippen molar-refractivity contribution in [2.45, 2.75) is 50.6 Å². The van der Waals surface area contributed by atoms with Crippen LogP contribution < -0.4 is 5.32 Å². The lowest BCUT2D eigenvalue weighted by Crippen LogP contribution is -2.34. The van der Waals surface area contributed by atoms with Gasteiger partial charge in [0.05, 0.1) is 11.7 Å². The molecule has 0 aliphatic heterocycles. The van der Waals surface area contributed by atoms with E-state index in [4.69, 9.17) is 0 Å². The van der Waals surface area contributed by atoms with E-state index < -0.39 is 17.6 Å². The summed E-state index contributed by atoms with van der Waals surface area (Å²) in [6, 6.07) is 2.74. The van der Waals surface area contributed by atoms with Crippen molar-refractivity contribution >= 4 is 0 Å². The Balaban J connectivity index is 1.97. The monoisotopic (exact) mass is 291 g/mol. The zero-order valence-corrected chi connectivity index (χ0v) is 10.9. The number of benzene rings is 1. The van der Waals surface area contributed by atoms with Crippen molar-refractivity contribution in [2.75, 3.05) is 0 Å². The summed E-state index contributed by atoms with van der Waals surface area (Å²) in [6.07, 6.45) is -1.88. The SMILES string of the molecule is OC1CCC(NCc2cc(F)cc(C(F)(F)F)c2)CC1. The van der Waals surface area contributed by atoms with Gasteiger partial charge in [0.15, 0.2) is 0 Å². The number of aliphatic hydroxyl groups excluding tert-OH is 1. The Bertz CT molecular complexity index is 453. The van der Waals surface area contributed by atoms with Crippen LogP contribution in [0.1, 0.15) is 36.8 Å². The van der Waals surface area contributed by atoms with Crippen LogP contribution in [0, 0.1) is 5.82 Å². The minimum absolute atomic E-state index is 0.163. The Labute approximate surface area is 114 Å². The first-order chi connectivity index (χ1) is 9.34. The van der Waals surface area contributed by atoms with Crippen molar-refractivity contribution in [3.63, 3.8) is 0 Å². The van der Waals surface area contributed by atoms with Gasteiger partial charge in [-0.15, -0.1) is 0 Å². The molecule has 0 bridgehead atoms. The quantitative estimate of drug-likeness (QED) is 0.838. The molecule has 1 aliphatic rings. The van der Waals surface area contributed by atoms with Gasteiger partial charge >= 0.3 is 6.18 Å². The van der Waals surface area contributed by atoms with Crippen LogP contribution >= 0.6 is 0 Å². The number of alkyl halides is 3. The van der Waals surface area contributed by atoms with Gasteiger partial charge in [-0.2, -0.15) is 13.2 Å². The van der Waals surface area contributed by atoms with Gasteiger partial charge in [0.25, 0.3) is 0 Å². The largest absolute Gasteiger partial charge is 0.416 e. The maximum Gasteiger partial charge on any atom is 0.416 e. The van der Waals surface area contributed by atoms with Gasteiger partial charge in [0, 0.05) is 12.6 Å². The van der Waals surface area contributed by atoms with Crippen LogP contribution in [0.2, 0.25) is 0 Å². The molecular weight excluding hydrogens is 274 g/mol. The Hall–Kier alpha value is -1.14. The summed E-state index contributed by atoms with van der Waals surface area (Å²) in [5.74, 6) is -0.879. The van der Waals surface area contributed by atoms with E-state index in [0.717, 1.165) is 25.0 Å². The van der Waals surface area contributed by atoms with E-state index in [0.29, 0.717) is 18.9 Å². The smallest absolute Gasteiger partial charge is 0.393 e. The summed E-state index contributed by atoms with van der Waals surface area (Å²) in [6.45, 7) is 0.196. The molecule has 6 heteroatoms. The van der Waals surface area contributed by atoms with E-state index in [9.17, 15) is 22.7 Å². The zero-order chi connectivity index (χ0) is 14.8. The standard InChI is InChI=1S/C14H17F4NO/c15-11-6-9(5-10(7-11)14(16,17)18)8-19-12-1-3-13(20)4-2-12/h5-7,12-13,19-20H,1-4,8H2. The minimum Gasteiger partial charge on any atom is -0.393 e. The van der Waals surface area contributed by atoms with Gasteiger partial charge in [0.2, 0.25) is 0 Å². The molecule has 1 aromatic carbocycles. The molecule has 0 spiro atoms. The van der Waals surface area contributed by atoms with Crippen molar-refractivity contribution < 1.29 is 22.7 Å². The average Bonchev–Trinajstić information content (AvgIpc) is 2.36. The van der Waals surface area contributed by atoms with Gasteiger partial charge in [-0.05, 0) is 49.4 Å². The maximum absolute atomic E-state index is 13.2. The topological polar surface area (TPSA) is 32.3 Å². The molecule has 20 heavy (non-hydrogen) atoms. The molecule has 0 atom stereocenters. The third kappa shape index (κ3) is 4.18. The van der Waals surface area contributed by atoms with Gasteiger partial charge in [-0.3, -0.25) is 0 Å². The molecule has 1 aromatic rings. The number of halogens is 4. The Kier molecular flexibility index (Phi) is 4.65. The molecule has 2 nitrogen and oxygen atoms in total. The zero-order valence-electron chi connectivity index (χ0n) is 10.9. The first-order valence-electron chi connectivity index (χ1n) is 6.62. The molecule has 2 rings (SSSR count). The van der Waals surface area contributed by atoms with Crippen LogP contribution in [-0.2, 0) is 12.7 Å². The molecule has 1 fully saturated rings. The molecule has 0 amide bonds. The second-order valence-electron chi connectivity index (χ2n) is 5.23. The highest BCUT2D eigenvalue weighted by molar-refractivity contribution is 5.26. The first kappa shape index (κ1) is 15.3. The molecule has 0 unspecified atom stereocenters. The van der Waals surface area contributed by atoms with Crippen LogP contribution in [0.5, 0.6) is 0 Å². The van der Waals surface area contributed by atoms with Crippen molar-refractivity contribution in [1.82, 2.24) is 5.32 Å². The van der Waals surface area contributed by atoms with E-state index >= 15 is 0 Å². The Morgan fingerprint density at radius 1 is 1.10 bits per heavy atom. The first-order valence-corrected chi connectivity index (χ1v) is 6.62. The van der Waals surface area contributed by atoms with E-state index in [-0.39, 0.29) is 24.3 Å². The molecule has 112 valence electrons. The van der Waals surface area contributed by atoms with E-state index in [1.807, 2.05) is 0 Å². The van der Waals surface area contributed by atoms with Gasteiger partial charge in [0.1, 0.15) is 5.82 Å². The molecule has 1 aliphatic carbocycles. The number of hydrogen-bond acceptors (Lipinski definition) is 2. The number of rotatable bonds is 3. The highest BCUT2D eigenvalue weighted by Gasteiger charge is 2.31. The van der Waals surface area contributed by atoms with Crippen LogP contribution in [0.15, 0.2) is 18.2 Å². The van der Waals surface area contributed by atoms with Gasteiger partial charge in [-0.25, -0.2) is 4.39 Å². The van der Waals surface area contributed by atoms with Crippen molar-refractivity contribution in [3.8, 4) is 0 Å². The fraction of sp³-hybridized carbons (Fsp3) is 0.571. The molecule has 2 N–H and O–H groups in total. The van der Waals surface area contributed by atoms with Crippen LogP contribution in [0.25, 0.3) is 0 Å². The molecule has 0 radical (unpaired) electrons. The predicted octanol–water partition coefficient (Wildman–Crippen LogP) is 3.24. The lowest BCUT2D eigenvalue weighted by atomic mass is 9.93. The molecule has 0 aromatic heterocycles. The lowest BCUT2D eigenvalue weighted by Gasteiger charge is -2.26. The number of aliphatic hydroxyl groups is 1. The summed E-state index contributed by atoms with van der Waals surface area (Å²) in [5.41, 5.74) is -0.684. The fourth-order valence-corrected chi connectivity index (χ4v) is 2.46. The van der Waals surface area contributed by atoms with Crippen LogP contribution in [0.3, 0.4) is 0 Å². The molecule has 1 saturated carbocycles. The van der Waals surface area contributed by atoms with Crippen LogP contribution in [-0.4, -0.2) is 17.3 Å². The van der Waals surface area contributed by atoms with E-state index in [1.165, 1.54) is 0 Å². The van der Waals surface area contributed by atoms with Crippen molar-refractivity contribution in [2.24, 2.45) is 0 Å². The molecule has 0 heterocycles. The predicted molar refractivity (Wildman–Crippen MR) is 66.5 cm³/mol. The average molecular weight is 291 g/mol. The van der Waals surface area contributed by atoms with Crippen molar-refractivity contribution in [1.29, 1.82) is 0 Å². The van der Waals surface area contributed by atoms with E-state index in [2.05, 4.69) is 5.32 Å². The van der Waals surface area contributed by atoms with Gasteiger partial charge in [-0.1, -0.05) is 0 Å².